The Morgan fingerprint density at radius 1 is 1.00 bits per heavy atom. The molecule has 6 nitrogen and oxygen atoms in total. The van der Waals surface area contributed by atoms with E-state index in [0.29, 0.717) is 11.5 Å². The first-order chi connectivity index (χ1) is 8.93. The third-order valence-electron chi connectivity index (χ3n) is 1.94. The van der Waals surface area contributed by atoms with Gasteiger partial charge in [0.25, 0.3) is 0 Å². The Morgan fingerprint density at radius 3 is 1.86 bits per heavy atom. The van der Waals surface area contributed by atoms with Gasteiger partial charge in [-0.25, -0.2) is 0 Å². The zero-order valence-corrected chi connectivity index (χ0v) is 10.7. The third-order valence-corrected chi connectivity index (χ3v) is 2.20. The molecule has 0 aliphatic carbocycles. The lowest BCUT2D eigenvalue weighted by molar-refractivity contribution is 0.419. The van der Waals surface area contributed by atoms with E-state index >= 15 is 0 Å². The van der Waals surface area contributed by atoms with Crippen molar-refractivity contribution in [3.63, 3.8) is 0 Å². The molecule has 2 rings (SSSR count). The van der Waals surface area contributed by atoms with E-state index in [2.05, 4.69) is 4.42 Å². The van der Waals surface area contributed by atoms with Crippen LogP contribution in [0.1, 0.15) is 26.4 Å². The molecule has 2 aromatic rings. The van der Waals surface area contributed by atoms with Gasteiger partial charge in [-0.15, -0.1) is 11.6 Å². The molecule has 21 heavy (non-hydrogen) atoms. The summed E-state index contributed by atoms with van der Waals surface area (Å²) in [4.78, 5) is 21.2. The summed E-state index contributed by atoms with van der Waals surface area (Å²) < 4.78 is 9.39. The summed E-state index contributed by atoms with van der Waals surface area (Å²) in [5, 5.41) is 17.3. The second kappa shape index (κ2) is 9.66. The summed E-state index contributed by atoms with van der Waals surface area (Å²) in [5.74, 6) is 0.243. The van der Waals surface area contributed by atoms with Crippen molar-refractivity contribution in [3.05, 3.63) is 56.6 Å². The maximum atomic E-state index is 10.6. The summed E-state index contributed by atoms with van der Waals surface area (Å²) in [6.07, 6.45) is 2.00. The topological polar surface area (TPSA) is 101 Å². The molecule has 7 heteroatoms. The predicted molar refractivity (Wildman–Crippen MR) is 81.0 cm³/mol. The van der Waals surface area contributed by atoms with E-state index in [0.717, 1.165) is 18.6 Å². The monoisotopic (exact) mass is 318 g/mol. The van der Waals surface area contributed by atoms with E-state index in [-0.39, 0.29) is 26.5 Å². The van der Waals surface area contributed by atoms with Gasteiger partial charge in [-0.05, 0) is 6.92 Å². The van der Waals surface area contributed by atoms with Gasteiger partial charge in [0.2, 0.25) is 10.9 Å². The van der Waals surface area contributed by atoms with Gasteiger partial charge in [-0.1, -0.05) is 14.9 Å². The summed E-state index contributed by atoms with van der Waals surface area (Å²) >= 11 is 5.34. The van der Waals surface area contributed by atoms with Crippen LogP contribution in [0.5, 0.6) is 11.5 Å². The van der Waals surface area contributed by atoms with Crippen molar-refractivity contribution in [2.75, 3.05) is 0 Å². The van der Waals surface area contributed by atoms with Crippen LogP contribution in [-0.4, -0.2) is 10.2 Å². The van der Waals surface area contributed by atoms with Crippen LogP contribution in [0.25, 0.3) is 0 Å². The number of halogens is 1. The average Bonchev–Trinajstić information content (AvgIpc) is 2.38. The van der Waals surface area contributed by atoms with Crippen LogP contribution in [0.2, 0.25) is 0 Å². The Morgan fingerprint density at radius 2 is 1.48 bits per heavy atom. The van der Waals surface area contributed by atoms with Gasteiger partial charge in [-0.3, -0.25) is 9.59 Å². The first kappa shape index (κ1) is 21.1. The maximum Gasteiger partial charge on any atom is 0.226 e. The number of hydrogen-bond acceptors (Lipinski definition) is 6. The van der Waals surface area contributed by atoms with Gasteiger partial charge in [0.1, 0.15) is 24.0 Å². The molecule has 118 valence electrons. The molecule has 0 aliphatic rings. The summed E-state index contributed by atoms with van der Waals surface area (Å²) in [7, 11) is 0. The Labute approximate surface area is 127 Å². The molecule has 0 saturated heterocycles. The first-order valence-electron chi connectivity index (χ1n) is 5.09. The van der Waals surface area contributed by atoms with Crippen LogP contribution < -0.4 is 10.9 Å². The molecule has 0 spiro atoms. The van der Waals surface area contributed by atoms with Gasteiger partial charge in [-0.2, -0.15) is 0 Å². The number of hydrogen-bond donors (Lipinski definition) is 2. The number of aryl methyl sites for hydroxylation is 1. The molecule has 0 fully saturated rings. The fourth-order valence-corrected chi connectivity index (χ4v) is 1.15. The van der Waals surface area contributed by atoms with Gasteiger partial charge >= 0.3 is 0 Å². The summed E-state index contributed by atoms with van der Waals surface area (Å²) in [5.41, 5.74) is -0.874. The maximum absolute atomic E-state index is 10.6. The number of rotatable bonds is 1. The fourth-order valence-electron chi connectivity index (χ4n) is 1.01. The van der Waals surface area contributed by atoms with Crippen molar-refractivity contribution in [3.8, 4) is 11.5 Å². The molecule has 0 bridgehead atoms. The minimum absolute atomic E-state index is 0. The van der Waals surface area contributed by atoms with Gasteiger partial charge in [0, 0.05) is 12.1 Å². The largest absolute Gasteiger partial charge is 0.502 e. The van der Waals surface area contributed by atoms with E-state index in [1.54, 1.807) is 6.92 Å². The van der Waals surface area contributed by atoms with Crippen molar-refractivity contribution >= 4 is 11.6 Å². The predicted octanol–water partition coefficient (Wildman–Crippen LogP) is 3.01. The summed E-state index contributed by atoms with van der Waals surface area (Å²) in [6, 6.07) is 2.39. The first-order valence-corrected chi connectivity index (χ1v) is 5.62. The molecule has 0 atom stereocenters. The average molecular weight is 319 g/mol. The van der Waals surface area contributed by atoms with E-state index in [1.807, 2.05) is 0 Å². The minimum Gasteiger partial charge on any atom is -0.502 e. The van der Waals surface area contributed by atoms with E-state index in [9.17, 15) is 9.59 Å². The van der Waals surface area contributed by atoms with Crippen LogP contribution >= 0.6 is 11.6 Å². The lowest BCUT2D eigenvalue weighted by Gasteiger charge is -1.91. The summed E-state index contributed by atoms with van der Waals surface area (Å²) in [6.45, 7) is 1.64. The normalized spacial score (nSPS) is 8.67. The molecule has 0 unspecified atom stereocenters. The highest BCUT2D eigenvalue weighted by atomic mass is 35.5. The Kier molecular flexibility index (Phi) is 9.70. The van der Waals surface area contributed by atoms with Crippen molar-refractivity contribution in [2.24, 2.45) is 0 Å². The quantitative estimate of drug-likeness (QED) is 0.784. The second-order valence-corrected chi connectivity index (χ2v) is 3.74. The zero-order valence-electron chi connectivity index (χ0n) is 9.92. The molecule has 0 radical (unpaired) electrons. The second-order valence-electron chi connectivity index (χ2n) is 3.47. The standard InChI is InChI=1S/C6H5ClO3.C6H6O3.2CH4/c7-2-4-1-5(8)6(9)3-10-4;1-4-2-5(7)6(8)3-9-4;;/h1,3,9H,2H2;2-3,8H,1H3;2*1H4. The van der Waals surface area contributed by atoms with Crippen molar-refractivity contribution in [1.29, 1.82) is 0 Å². The zero-order chi connectivity index (χ0) is 14.4. The van der Waals surface area contributed by atoms with Crippen molar-refractivity contribution in [2.45, 2.75) is 27.7 Å². The minimum atomic E-state index is -0.470. The third kappa shape index (κ3) is 6.67. The van der Waals surface area contributed by atoms with Gasteiger partial charge < -0.3 is 19.0 Å². The molecule has 0 amide bonds. The highest BCUT2D eigenvalue weighted by Gasteiger charge is 1.98. The molecular formula is C14H19ClO6. The molecule has 2 N–H and O–H groups in total. The van der Waals surface area contributed by atoms with Crippen LogP contribution in [0.3, 0.4) is 0 Å². The van der Waals surface area contributed by atoms with Crippen molar-refractivity contribution in [1.82, 2.24) is 0 Å². The number of alkyl halides is 1. The lowest BCUT2D eigenvalue weighted by Crippen LogP contribution is -1.98. The van der Waals surface area contributed by atoms with E-state index in [1.165, 1.54) is 6.07 Å². The molecule has 0 saturated carbocycles. The fraction of sp³-hybridized carbons (Fsp3) is 0.286. The van der Waals surface area contributed by atoms with E-state index in [4.69, 9.17) is 26.2 Å². The van der Waals surface area contributed by atoms with Crippen molar-refractivity contribution < 1.29 is 19.0 Å². The molecule has 2 aromatic heterocycles. The number of aromatic hydroxyl groups is 2. The smallest absolute Gasteiger partial charge is 0.226 e. The molecule has 0 aromatic carbocycles. The van der Waals surface area contributed by atoms with Crippen LogP contribution in [-0.2, 0) is 5.88 Å². The molecule has 0 aliphatic heterocycles. The Hall–Kier alpha value is -2.21. The van der Waals surface area contributed by atoms with Gasteiger partial charge in [0.05, 0.1) is 5.88 Å². The van der Waals surface area contributed by atoms with Crippen LogP contribution in [0, 0.1) is 6.92 Å². The van der Waals surface area contributed by atoms with Gasteiger partial charge in [0.15, 0.2) is 11.5 Å². The highest BCUT2D eigenvalue weighted by molar-refractivity contribution is 6.16. The highest BCUT2D eigenvalue weighted by Crippen LogP contribution is 2.04. The van der Waals surface area contributed by atoms with E-state index < -0.39 is 16.6 Å². The van der Waals surface area contributed by atoms with Crippen LogP contribution in [0.15, 0.2) is 43.1 Å². The Bertz CT molecular complexity index is 659. The lowest BCUT2D eigenvalue weighted by atomic mass is 10.4. The molecule has 2 heterocycles. The Balaban J connectivity index is 0. The SMILES string of the molecule is C.C.Cc1cc(=O)c(O)co1.O=c1cc(CCl)occ1O. The molecular weight excluding hydrogens is 300 g/mol. The van der Waals surface area contributed by atoms with Crippen LogP contribution in [0.4, 0.5) is 0 Å².